The molecular weight excluding hydrogens is 208 g/mol. The quantitative estimate of drug-likeness (QED) is 0.678. The van der Waals surface area contributed by atoms with Gasteiger partial charge in [-0.2, -0.15) is 0 Å². The molecule has 0 atom stereocenters. The summed E-state index contributed by atoms with van der Waals surface area (Å²) < 4.78 is 5.64. The van der Waals surface area contributed by atoms with Crippen molar-refractivity contribution in [2.75, 3.05) is 6.61 Å². The van der Waals surface area contributed by atoms with E-state index >= 15 is 0 Å². The van der Waals surface area contributed by atoms with Gasteiger partial charge in [0, 0.05) is 0 Å². The second kappa shape index (κ2) is 6.74. The van der Waals surface area contributed by atoms with Crippen LogP contribution in [0.5, 0.6) is 5.75 Å². The Balaban J connectivity index is 1.61. The normalized spacial score (nSPS) is 10.1. The molecule has 0 unspecified atom stereocenters. The van der Waals surface area contributed by atoms with Gasteiger partial charge < -0.3 is 4.74 Å². The molecule has 17 heavy (non-hydrogen) atoms. The number of ether oxygens (including phenoxy) is 1. The van der Waals surface area contributed by atoms with Crippen molar-refractivity contribution in [2.45, 2.75) is 19.3 Å². The second-order valence-electron chi connectivity index (χ2n) is 4.03. The van der Waals surface area contributed by atoms with Gasteiger partial charge in [0.15, 0.2) is 0 Å². The lowest BCUT2D eigenvalue weighted by Gasteiger charge is -2.05. The molecule has 0 bridgehead atoms. The molecule has 0 fully saturated rings. The Hall–Kier alpha value is -1.76. The Morgan fingerprint density at radius 2 is 1.65 bits per heavy atom. The minimum atomic E-state index is 0.795. The topological polar surface area (TPSA) is 9.23 Å². The van der Waals surface area contributed by atoms with Crippen LogP contribution in [-0.2, 0) is 6.42 Å². The highest BCUT2D eigenvalue weighted by atomic mass is 16.5. The summed E-state index contributed by atoms with van der Waals surface area (Å²) in [5.41, 5.74) is 1.38. The zero-order chi connectivity index (χ0) is 11.8. The highest BCUT2D eigenvalue weighted by Crippen LogP contribution is 2.10. The molecule has 1 heteroatoms. The largest absolute Gasteiger partial charge is 0.494 e. The van der Waals surface area contributed by atoms with Crippen LogP contribution in [0.4, 0.5) is 0 Å². The van der Waals surface area contributed by atoms with Crippen molar-refractivity contribution >= 4 is 0 Å². The molecule has 1 radical (unpaired) electrons. The highest BCUT2D eigenvalue weighted by Gasteiger charge is 1.94. The van der Waals surface area contributed by atoms with E-state index in [4.69, 9.17) is 4.74 Å². The van der Waals surface area contributed by atoms with E-state index in [1.54, 1.807) is 0 Å². The lowest BCUT2D eigenvalue weighted by molar-refractivity contribution is 0.307. The summed E-state index contributed by atoms with van der Waals surface area (Å²) in [4.78, 5) is 0. The van der Waals surface area contributed by atoms with Gasteiger partial charge in [-0.3, -0.25) is 0 Å². The fraction of sp³-hybridized carbons (Fsp3) is 0.250. The molecule has 0 aromatic heterocycles. The van der Waals surface area contributed by atoms with Crippen molar-refractivity contribution in [3.63, 3.8) is 0 Å². The zero-order valence-electron chi connectivity index (χ0n) is 9.93. The molecule has 0 spiro atoms. The molecule has 0 N–H and O–H groups in total. The first-order valence-corrected chi connectivity index (χ1v) is 6.08. The fourth-order valence-corrected chi connectivity index (χ4v) is 1.73. The van der Waals surface area contributed by atoms with Gasteiger partial charge in [-0.05, 0) is 43.0 Å². The van der Waals surface area contributed by atoms with Crippen LogP contribution in [-0.4, -0.2) is 6.61 Å². The van der Waals surface area contributed by atoms with E-state index in [2.05, 4.69) is 18.2 Å². The summed E-state index contributed by atoms with van der Waals surface area (Å²) in [6.07, 6.45) is 3.37. The van der Waals surface area contributed by atoms with Crippen LogP contribution in [0.2, 0.25) is 0 Å². The molecule has 0 saturated carbocycles. The summed E-state index contributed by atoms with van der Waals surface area (Å²) in [6, 6.07) is 21.2. The first-order valence-electron chi connectivity index (χ1n) is 6.08. The van der Waals surface area contributed by atoms with Crippen LogP contribution in [0.3, 0.4) is 0 Å². The van der Waals surface area contributed by atoms with Gasteiger partial charge in [0.1, 0.15) is 5.75 Å². The van der Waals surface area contributed by atoms with E-state index < -0.39 is 0 Å². The first kappa shape index (κ1) is 11.7. The molecule has 2 aromatic rings. The van der Waals surface area contributed by atoms with Crippen molar-refractivity contribution in [1.82, 2.24) is 0 Å². The molecule has 0 saturated heterocycles. The molecule has 1 nitrogen and oxygen atoms in total. The smallest absolute Gasteiger partial charge is 0.119 e. The molecular formula is C16H17O. The standard InChI is InChI=1S/C16H17O/c1-3-9-15(10-4-1)11-7-8-14-17-16-12-5-2-6-13-16/h2-6,9-10,12-13H,7-8,11,14H2. The lowest BCUT2D eigenvalue weighted by Crippen LogP contribution is -1.98. The molecule has 0 aliphatic heterocycles. The van der Waals surface area contributed by atoms with Crippen molar-refractivity contribution in [3.05, 3.63) is 66.2 Å². The summed E-state index contributed by atoms with van der Waals surface area (Å²) in [6.45, 7) is 0.795. The zero-order valence-corrected chi connectivity index (χ0v) is 9.93. The fourth-order valence-electron chi connectivity index (χ4n) is 1.73. The van der Waals surface area contributed by atoms with Crippen molar-refractivity contribution in [1.29, 1.82) is 0 Å². The minimum Gasteiger partial charge on any atom is -0.494 e. The van der Waals surface area contributed by atoms with E-state index in [1.165, 1.54) is 5.56 Å². The van der Waals surface area contributed by atoms with Crippen molar-refractivity contribution in [2.24, 2.45) is 0 Å². The molecule has 0 heterocycles. The Morgan fingerprint density at radius 1 is 0.882 bits per heavy atom. The second-order valence-corrected chi connectivity index (χ2v) is 4.03. The maximum atomic E-state index is 5.64. The minimum absolute atomic E-state index is 0.795. The maximum Gasteiger partial charge on any atom is 0.119 e. The van der Waals surface area contributed by atoms with Crippen molar-refractivity contribution < 1.29 is 4.74 Å². The highest BCUT2D eigenvalue weighted by molar-refractivity contribution is 5.20. The third-order valence-electron chi connectivity index (χ3n) is 2.66. The average molecular weight is 225 g/mol. The van der Waals surface area contributed by atoms with Crippen LogP contribution in [0.15, 0.2) is 54.6 Å². The summed E-state index contributed by atoms with van der Waals surface area (Å²) >= 11 is 0. The summed E-state index contributed by atoms with van der Waals surface area (Å²) in [5.74, 6) is 0.960. The Bertz CT molecular complexity index is 367. The van der Waals surface area contributed by atoms with Gasteiger partial charge in [0.25, 0.3) is 0 Å². The number of aryl methyl sites for hydroxylation is 1. The molecule has 0 aliphatic rings. The predicted octanol–water partition coefficient (Wildman–Crippen LogP) is 3.89. The first-order chi connectivity index (χ1) is 8.45. The van der Waals surface area contributed by atoms with E-state index in [0.717, 1.165) is 31.6 Å². The van der Waals surface area contributed by atoms with E-state index in [0.29, 0.717) is 0 Å². The van der Waals surface area contributed by atoms with Gasteiger partial charge >= 0.3 is 0 Å². The van der Waals surface area contributed by atoms with Crippen LogP contribution < -0.4 is 4.74 Å². The van der Waals surface area contributed by atoms with Crippen LogP contribution >= 0.6 is 0 Å². The number of hydrogen-bond acceptors (Lipinski definition) is 1. The van der Waals surface area contributed by atoms with Gasteiger partial charge in [-0.1, -0.05) is 42.5 Å². The molecule has 87 valence electrons. The Morgan fingerprint density at radius 3 is 2.41 bits per heavy atom. The third-order valence-corrected chi connectivity index (χ3v) is 2.66. The lowest BCUT2D eigenvalue weighted by atomic mass is 10.1. The van der Waals surface area contributed by atoms with Crippen molar-refractivity contribution in [3.8, 4) is 5.75 Å². The third kappa shape index (κ3) is 4.31. The number of hydrogen-bond donors (Lipinski definition) is 0. The SMILES string of the molecule is [c]1ccc(CCCCOc2ccccc2)cc1. The average Bonchev–Trinajstić information content (AvgIpc) is 2.41. The molecule has 2 aromatic carbocycles. The monoisotopic (exact) mass is 225 g/mol. The maximum absolute atomic E-state index is 5.64. The van der Waals surface area contributed by atoms with Gasteiger partial charge in [0.2, 0.25) is 0 Å². The van der Waals surface area contributed by atoms with Gasteiger partial charge in [-0.15, -0.1) is 0 Å². The predicted molar refractivity (Wildman–Crippen MR) is 70.2 cm³/mol. The number of para-hydroxylation sites is 1. The summed E-state index contributed by atoms with van der Waals surface area (Å²) in [7, 11) is 0. The number of benzene rings is 2. The number of unbranched alkanes of at least 4 members (excludes halogenated alkanes) is 1. The molecule has 2 rings (SSSR count). The van der Waals surface area contributed by atoms with E-state index in [9.17, 15) is 0 Å². The van der Waals surface area contributed by atoms with Crippen LogP contribution in [0.25, 0.3) is 0 Å². The summed E-state index contributed by atoms with van der Waals surface area (Å²) in [5, 5.41) is 0. The van der Waals surface area contributed by atoms with Gasteiger partial charge in [0.05, 0.1) is 6.61 Å². The molecule has 0 amide bonds. The van der Waals surface area contributed by atoms with Gasteiger partial charge in [-0.25, -0.2) is 0 Å². The van der Waals surface area contributed by atoms with E-state index in [-0.39, 0.29) is 0 Å². The Labute approximate surface area is 103 Å². The Kier molecular flexibility index (Phi) is 4.65. The van der Waals surface area contributed by atoms with E-state index in [1.807, 2.05) is 42.5 Å². The molecule has 0 aliphatic carbocycles. The van der Waals surface area contributed by atoms with Crippen LogP contribution in [0, 0.1) is 6.07 Å². The number of rotatable bonds is 6. The van der Waals surface area contributed by atoms with Crippen LogP contribution in [0.1, 0.15) is 18.4 Å².